The van der Waals surface area contributed by atoms with Crippen molar-refractivity contribution in [2.45, 2.75) is 0 Å². The highest BCUT2D eigenvalue weighted by Gasteiger charge is 2.15. The topological polar surface area (TPSA) is 55.1 Å². The fraction of sp³-hybridized carbons (Fsp3) is 0. The standard InChI is InChI=1S/C14H9ClN2O2S/c15-9-4-1-2-5-10(9)16-14(18)11-8-12(19-17-11)13-6-3-7-20-13/h1-8H,(H,16,18). The number of carbonyl (C=O) groups excluding carboxylic acids is 1. The van der Waals surface area contributed by atoms with Gasteiger partial charge in [-0.25, -0.2) is 0 Å². The van der Waals surface area contributed by atoms with E-state index in [9.17, 15) is 4.79 Å². The molecule has 1 N–H and O–H groups in total. The summed E-state index contributed by atoms with van der Waals surface area (Å²) >= 11 is 7.51. The zero-order valence-corrected chi connectivity index (χ0v) is 11.7. The number of hydrogen-bond donors (Lipinski definition) is 1. The maximum absolute atomic E-state index is 12.1. The molecule has 1 aromatic carbocycles. The van der Waals surface area contributed by atoms with Gasteiger partial charge in [-0.2, -0.15) is 0 Å². The molecule has 1 amide bonds. The summed E-state index contributed by atoms with van der Waals surface area (Å²) in [5.74, 6) is 0.217. The number of anilines is 1. The molecule has 0 fully saturated rings. The molecule has 100 valence electrons. The van der Waals surface area contributed by atoms with E-state index in [0.29, 0.717) is 16.5 Å². The number of aromatic nitrogens is 1. The van der Waals surface area contributed by atoms with E-state index in [1.807, 2.05) is 17.5 Å². The second kappa shape index (κ2) is 5.48. The van der Waals surface area contributed by atoms with Crippen LogP contribution in [0.4, 0.5) is 5.69 Å². The second-order valence-corrected chi connectivity index (χ2v) is 5.34. The van der Waals surface area contributed by atoms with E-state index in [1.54, 1.807) is 30.3 Å². The summed E-state index contributed by atoms with van der Waals surface area (Å²) in [6.07, 6.45) is 0. The second-order valence-electron chi connectivity index (χ2n) is 3.99. The summed E-state index contributed by atoms with van der Waals surface area (Å²) in [6, 6.07) is 12.4. The number of halogens is 1. The first kappa shape index (κ1) is 12.9. The Kier molecular flexibility index (Phi) is 3.54. The number of para-hydroxylation sites is 1. The van der Waals surface area contributed by atoms with Crippen LogP contribution in [0.2, 0.25) is 5.02 Å². The van der Waals surface area contributed by atoms with Crippen molar-refractivity contribution in [2.24, 2.45) is 0 Å². The third-order valence-corrected chi connectivity index (χ3v) is 3.84. The molecular formula is C14H9ClN2O2S. The minimum Gasteiger partial charge on any atom is -0.355 e. The molecule has 3 rings (SSSR count). The maximum Gasteiger partial charge on any atom is 0.277 e. The van der Waals surface area contributed by atoms with E-state index in [0.717, 1.165) is 4.88 Å². The number of rotatable bonds is 3. The Balaban J connectivity index is 1.80. The predicted octanol–water partition coefficient (Wildman–Crippen LogP) is 4.31. The van der Waals surface area contributed by atoms with E-state index in [-0.39, 0.29) is 11.6 Å². The molecule has 0 saturated heterocycles. The number of amides is 1. The van der Waals surface area contributed by atoms with E-state index in [2.05, 4.69) is 10.5 Å². The maximum atomic E-state index is 12.1. The number of nitrogens with one attached hydrogen (secondary N) is 1. The van der Waals surface area contributed by atoms with Gasteiger partial charge in [0, 0.05) is 6.07 Å². The molecule has 0 aliphatic rings. The predicted molar refractivity (Wildman–Crippen MR) is 79.2 cm³/mol. The van der Waals surface area contributed by atoms with Gasteiger partial charge in [0.25, 0.3) is 5.91 Å². The van der Waals surface area contributed by atoms with Crippen molar-refractivity contribution in [3.8, 4) is 10.6 Å². The molecule has 3 aromatic rings. The Morgan fingerprint density at radius 2 is 2.10 bits per heavy atom. The molecule has 0 aliphatic heterocycles. The first-order chi connectivity index (χ1) is 9.74. The summed E-state index contributed by atoms with van der Waals surface area (Å²) in [7, 11) is 0. The summed E-state index contributed by atoms with van der Waals surface area (Å²) < 4.78 is 5.16. The average Bonchev–Trinajstić information content (AvgIpc) is 3.11. The Bertz CT molecular complexity index is 737. The first-order valence-electron chi connectivity index (χ1n) is 5.80. The van der Waals surface area contributed by atoms with Crippen molar-refractivity contribution in [3.05, 3.63) is 58.6 Å². The van der Waals surface area contributed by atoms with E-state index in [1.165, 1.54) is 11.3 Å². The normalized spacial score (nSPS) is 10.4. The number of carbonyl (C=O) groups is 1. The molecule has 0 saturated carbocycles. The molecule has 0 aliphatic carbocycles. The van der Waals surface area contributed by atoms with Crippen molar-refractivity contribution in [3.63, 3.8) is 0 Å². The van der Waals surface area contributed by atoms with E-state index >= 15 is 0 Å². The molecule has 0 bridgehead atoms. The van der Waals surface area contributed by atoms with Gasteiger partial charge in [-0.3, -0.25) is 4.79 Å². The third-order valence-electron chi connectivity index (χ3n) is 2.63. The molecule has 6 heteroatoms. The van der Waals surface area contributed by atoms with Crippen LogP contribution in [-0.4, -0.2) is 11.1 Å². The van der Waals surface area contributed by atoms with Gasteiger partial charge < -0.3 is 9.84 Å². The van der Waals surface area contributed by atoms with Gasteiger partial charge in [0.05, 0.1) is 15.6 Å². The zero-order valence-electron chi connectivity index (χ0n) is 10.2. The van der Waals surface area contributed by atoms with Crippen LogP contribution in [0.25, 0.3) is 10.6 Å². The van der Waals surface area contributed by atoms with Crippen LogP contribution in [0.5, 0.6) is 0 Å². The van der Waals surface area contributed by atoms with Gasteiger partial charge in [0.1, 0.15) is 0 Å². The largest absolute Gasteiger partial charge is 0.355 e. The number of hydrogen-bond acceptors (Lipinski definition) is 4. The fourth-order valence-electron chi connectivity index (χ4n) is 1.67. The third kappa shape index (κ3) is 2.59. The summed E-state index contributed by atoms with van der Waals surface area (Å²) in [4.78, 5) is 13.0. The molecule has 20 heavy (non-hydrogen) atoms. The molecule has 4 nitrogen and oxygen atoms in total. The quantitative estimate of drug-likeness (QED) is 0.784. The van der Waals surface area contributed by atoms with Gasteiger partial charge >= 0.3 is 0 Å². The van der Waals surface area contributed by atoms with Crippen LogP contribution in [0.1, 0.15) is 10.5 Å². The lowest BCUT2D eigenvalue weighted by Gasteiger charge is -2.03. The van der Waals surface area contributed by atoms with Crippen LogP contribution >= 0.6 is 22.9 Å². The van der Waals surface area contributed by atoms with Gasteiger partial charge in [0.2, 0.25) is 0 Å². The number of benzene rings is 1. The molecule has 2 heterocycles. The summed E-state index contributed by atoms with van der Waals surface area (Å²) in [5, 5.41) is 8.88. The highest BCUT2D eigenvalue weighted by atomic mass is 35.5. The smallest absolute Gasteiger partial charge is 0.277 e. The van der Waals surface area contributed by atoms with Crippen molar-refractivity contribution in [2.75, 3.05) is 5.32 Å². The number of thiophene rings is 1. The van der Waals surface area contributed by atoms with E-state index in [4.69, 9.17) is 16.1 Å². The monoisotopic (exact) mass is 304 g/mol. The minimum absolute atomic E-state index is 0.216. The van der Waals surface area contributed by atoms with Crippen molar-refractivity contribution < 1.29 is 9.32 Å². The minimum atomic E-state index is -0.357. The lowest BCUT2D eigenvalue weighted by molar-refractivity contribution is 0.101. The Labute approximate surface area is 124 Å². The van der Waals surface area contributed by atoms with Crippen molar-refractivity contribution >= 4 is 34.5 Å². The Hall–Kier alpha value is -2.11. The zero-order chi connectivity index (χ0) is 13.9. The molecule has 0 unspecified atom stereocenters. The van der Waals surface area contributed by atoms with Gasteiger partial charge in [-0.05, 0) is 23.6 Å². The fourth-order valence-corrected chi connectivity index (χ4v) is 2.52. The molecular weight excluding hydrogens is 296 g/mol. The van der Waals surface area contributed by atoms with Crippen molar-refractivity contribution in [1.82, 2.24) is 5.16 Å². The van der Waals surface area contributed by atoms with Crippen LogP contribution in [-0.2, 0) is 0 Å². The van der Waals surface area contributed by atoms with Gasteiger partial charge in [-0.1, -0.05) is 35.0 Å². The first-order valence-corrected chi connectivity index (χ1v) is 7.06. The summed E-state index contributed by atoms with van der Waals surface area (Å²) in [6.45, 7) is 0. The van der Waals surface area contributed by atoms with Crippen LogP contribution in [0.3, 0.4) is 0 Å². The molecule has 2 aromatic heterocycles. The molecule has 0 spiro atoms. The van der Waals surface area contributed by atoms with E-state index < -0.39 is 0 Å². The Morgan fingerprint density at radius 1 is 1.25 bits per heavy atom. The van der Waals surface area contributed by atoms with Crippen LogP contribution in [0.15, 0.2) is 52.4 Å². The van der Waals surface area contributed by atoms with Crippen LogP contribution in [0, 0.1) is 0 Å². The highest BCUT2D eigenvalue weighted by Crippen LogP contribution is 2.26. The summed E-state index contributed by atoms with van der Waals surface area (Å²) in [5.41, 5.74) is 0.758. The number of nitrogens with zero attached hydrogens (tertiary/aromatic N) is 1. The average molecular weight is 305 g/mol. The SMILES string of the molecule is O=C(Nc1ccccc1Cl)c1cc(-c2cccs2)on1. The molecule has 0 radical (unpaired) electrons. The lowest BCUT2D eigenvalue weighted by atomic mass is 10.3. The Morgan fingerprint density at radius 3 is 2.85 bits per heavy atom. The lowest BCUT2D eigenvalue weighted by Crippen LogP contribution is -2.12. The van der Waals surface area contributed by atoms with Gasteiger partial charge in [0.15, 0.2) is 11.5 Å². The van der Waals surface area contributed by atoms with Crippen LogP contribution < -0.4 is 5.32 Å². The van der Waals surface area contributed by atoms with Crippen molar-refractivity contribution in [1.29, 1.82) is 0 Å². The van der Waals surface area contributed by atoms with Gasteiger partial charge in [-0.15, -0.1) is 11.3 Å². The molecule has 0 atom stereocenters. The highest BCUT2D eigenvalue weighted by molar-refractivity contribution is 7.13.